The van der Waals surface area contributed by atoms with Crippen LogP contribution >= 0.6 is 0 Å². The third-order valence-electron chi connectivity index (χ3n) is 2.43. The van der Waals surface area contributed by atoms with Crippen LogP contribution in [0.2, 0.25) is 0 Å². The van der Waals surface area contributed by atoms with Gasteiger partial charge in [0, 0.05) is 23.5 Å². The SMILES string of the molecule is Cc1cc(C)nc(N2N=C(CCN)CC2=O)n1. The van der Waals surface area contributed by atoms with Gasteiger partial charge in [-0.1, -0.05) is 0 Å². The predicted octanol–water partition coefficient (Wildman–Crippen LogP) is 0.535. The number of aryl methyl sites for hydroxylation is 2. The van der Waals surface area contributed by atoms with Crippen LogP contribution < -0.4 is 10.7 Å². The van der Waals surface area contributed by atoms with Crippen LogP contribution in [0.15, 0.2) is 11.2 Å². The predicted molar refractivity (Wildman–Crippen MR) is 64.7 cm³/mol. The molecule has 6 nitrogen and oxygen atoms in total. The van der Waals surface area contributed by atoms with Crippen molar-refractivity contribution >= 4 is 17.6 Å². The van der Waals surface area contributed by atoms with Crippen LogP contribution in [0, 0.1) is 13.8 Å². The molecule has 1 aliphatic heterocycles. The van der Waals surface area contributed by atoms with Gasteiger partial charge in [-0.25, -0.2) is 9.97 Å². The molecule has 1 aromatic rings. The first kappa shape index (κ1) is 11.7. The summed E-state index contributed by atoms with van der Waals surface area (Å²) in [6.07, 6.45) is 0.945. The number of nitrogens with two attached hydrogens (primary N) is 1. The molecule has 1 amide bonds. The minimum atomic E-state index is -0.0987. The molecule has 0 unspecified atom stereocenters. The van der Waals surface area contributed by atoms with Gasteiger partial charge in [-0.3, -0.25) is 4.79 Å². The third kappa shape index (κ3) is 2.47. The van der Waals surface area contributed by atoms with Crippen LogP contribution in [0.25, 0.3) is 0 Å². The lowest BCUT2D eigenvalue weighted by molar-refractivity contribution is -0.117. The van der Waals surface area contributed by atoms with Gasteiger partial charge in [0.25, 0.3) is 11.9 Å². The lowest BCUT2D eigenvalue weighted by Crippen LogP contribution is -2.22. The zero-order chi connectivity index (χ0) is 12.4. The van der Waals surface area contributed by atoms with Gasteiger partial charge >= 0.3 is 0 Å². The number of amides is 1. The van der Waals surface area contributed by atoms with E-state index in [4.69, 9.17) is 5.73 Å². The maximum Gasteiger partial charge on any atom is 0.255 e. The molecule has 0 radical (unpaired) electrons. The Balaban J connectivity index is 2.30. The highest BCUT2D eigenvalue weighted by molar-refractivity contribution is 6.12. The molecule has 6 heteroatoms. The van der Waals surface area contributed by atoms with Gasteiger partial charge in [-0.2, -0.15) is 10.1 Å². The summed E-state index contributed by atoms with van der Waals surface area (Å²) >= 11 is 0. The van der Waals surface area contributed by atoms with Crippen molar-refractivity contribution in [3.8, 4) is 0 Å². The Labute approximate surface area is 99.5 Å². The Bertz CT molecular complexity index is 463. The summed E-state index contributed by atoms with van der Waals surface area (Å²) in [5.74, 6) is 0.248. The molecule has 0 saturated heterocycles. The number of hydrogen-bond donors (Lipinski definition) is 1. The average molecular weight is 233 g/mol. The number of carbonyl (C=O) groups is 1. The molecule has 2 rings (SSSR count). The Morgan fingerprint density at radius 1 is 1.35 bits per heavy atom. The summed E-state index contributed by atoms with van der Waals surface area (Å²) in [6.45, 7) is 4.22. The molecule has 2 N–H and O–H groups in total. The molecule has 0 bridgehead atoms. The van der Waals surface area contributed by atoms with E-state index in [0.717, 1.165) is 17.1 Å². The fraction of sp³-hybridized carbons (Fsp3) is 0.455. The van der Waals surface area contributed by atoms with Crippen molar-refractivity contribution in [2.24, 2.45) is 10.8 Å². The van der Waals surface area contributed by atoms with Gasteiger partial charge in [-0.05, 0) is 26.5 Å². The van der Waals surface area contributed by atoms with Crippen molar-refractivity contribution < 1.29 is 4.79 Å². The quantitative estimate of drug-likeness (QED) is 0.825. The van der Waals surface area contributed by atoms with Gasteiger partial charge in [0.15, 0.2) is 0 Å². The van der Waals surface area contributed by atoms with Crippen molar-refractivity contribution in [3.63, 3.8) is 0 Å². The number of hydrazone groups is 1. The lowest BCUT2D eigenvalue weighted by Gasteiger charge is -2.10. The van der Waals surface area contributed by atoms with Crippen molar-refractivity contribution in [3.05, 3.63) is 17.5 Å². The van der Waals surface area contributed by atoms with Gasteiger partial charge in [-0.15, -0.1) is 0 Å². The minimum Gasteiger partial charge on any atom is -0.330 e. The number of anilines is 1. The van der Waals surface area contributed by atoms with E-state index in [1.54, 1.807) is 0 Å². The summed E-state index contributed by atoms with van der Waals surface area (Å²) in [5.41, 5.74) is 7.88. The van der Waals surface area contributed by atoms with E-state index in [1.165, 1.54) is 5.01 Å². The van der Waals surface area contributed by atoms with Crippen molar-refractivity contribution in [1.29, 1.82) is 0 Å². The van der Waals surface area contributed by atoms with E-state index in [9.17, 15) is 4.79 Å². The normalized spacial score (nSPS) is 15.4. The average Bonchev–Trinajstić information content (AvgIpc) is 2.58. The van der Waals surface area contributed by atoms with Crippen molar-refractivity contribution in [1.82, 2.24) is 9.97 Å². The first-order valence-electron chi connectivity index (χ1n) is 5.52. The summed E-state index contributed by atoms with van der Waals surface area (Å²) in [4.78, 5) is 20.2. The number of aromatic nitrogens is 2. The first-order valence-corrected chi connectivity index (χ1v) is 5.52. The zero-order valence-corrected chi connectivity index (χ0v) is 9.97. The molecular weight excluding hydrogens is 218 g/mol. The smallest absolute Gasteiger partial charge is 0.255 e. The fourth-order valence-corrected chi connectivity index (χ4v) is 1.75. The Morgan fingerprint density at radius 3 is 2.59 bits per heavy atom. The van der Waals surface area contributed by atoms with Crippen LogP contribution in [0.3, 0.4) is 0 Å². The molecule has 17 heavy (non-hydrogen) atoms. The molecule has 90 valence electrons. The van der Waals surface area contributed by atoms with Crippen molar-refractivity contribution in [2.45, 2.75) is 26.7 Å². The van der Waals surface area contributed by atoms with Crippen LogP contribution in [-0.4, -0.2) is 28.1 Å². The molecule has 1 aromatic heterocycles. The number of nitrogens with zero attached hydrogens (tertiary/aromatic N) is 4. The Morgan fingerprint density at radius 2 is 2.00 bits per heavy atom. The second kappa shape index (κ2) is 4.58. The number of carbonyl (C=O) groups excluding carboxylic acids is 1. The highest BCUT2D eigenvalue weighted by Crippen LogP contribution is 2.17. The van der Waals surface area contributed by atoms with Crippen LogP contribution in [-0.2, 0) is 4.79 Å². The molecule has 1 aliphatic rings. The molecular formula is C11H15N5O. The van der Waals surface area contributed by atoms with Crippen molar-refractivity contribution in [2.75, 3.05) is 11.6 Å². The molecule has 0 spiro atoms. The number of rotatable bonds is 3. The molecule has 2 heterocycles. The molecule has 0 aliphatic carbocycles. The van der Waals surface area contributed by atoms with Crippen LogP contribution in [0.1, 0.15) is 24.2 Å². The summed E-state index contributed by atoms with van der Waals surface area (Å²) < 4.78 is 0. The van der Waals surface area contributed by atoms with E-state index in [2.05, 4.69) is 15.1 Å². The Kier molecular flexibility index (Phi) is 3.14. The monoisotopic (exact) mass is 233 g/mol. The summed E-state index contributed by atoms with van der Waals surface area (Å²) in [5, 5.41) is 5.48. The van der Waals surface area contributed by atoms with E-state index in [-0.39, 0.29) is 5.91 Å². The second-order valence-electron chi connectivity index (χ2n) is 4.04. The second-order valence-corrected chi connectivity index (χ2v) is 4.04. The first-order chi connectivity index (χ1) is 8.10. The van der Waals surface area contributed by atoms with E-state index in [0.29, 0.717) is 25.3 Å². The maximum absolute atomic E-state index is 11.8. The van der Waals surface area contributed by atoms with Crippen LogP contribution in [0.5, 0.6) is 0 Å². The van der Waals surface area contributed by atoms with Gasteiger partial charge in [0.05, 0.1) is 6.42 Å². The summed E-state index contributed by atoms with van der Waals surface area (Å²) in [7, 11) is 0. The van der Waals surface area contributed by atoms with Gasteiger partial charge in [0.1, 0.15) is 0 Å². The number of hydrogen-bond acceptors (Lipinski definition) is 5. The van der Waals surface area contributed by atoms with E-state index < -0.39 is 0 Å². The highest BCUT2D eigenvalue weighted by Gasteiger charge is 2.26. The topological polar surface area (TPSA) is 84.5 Å². The highest BCUT2D eigenvalue weighted by atomic mass is 16.2. The van der Waals surface area contributed by atoms with E-state index in [1.807, 2.05) is 19.9 Å². The van der Waals surface area contributed by atoms with E-state index >= 15 is 0 Å². The third-order valence-corrected chi connectivity index (χ3v) is 2.43. The standard InChI is InChI=1S/C11H15N5O/c1-7-5-8(2)14-11(13-7)16-10(17)6-9(15-16)3-4-12/h5H,3-4,6,12H2,1-2H3. The largest absolute Gasteiger partial charge is 0.330 e. The van der Waals surface area contributed by atoms with Crippen LogP contribution in [0.4, 0.5) is 5.95 Å². The minimum absolute atomic E-state index is 0.0987. The maximum atomic E-state index is 11.8. The Hall–Kier alpha value is -1.82. The van der Waals surface area contributed by atoms with Gasteiger partial charge < -0.3 is 5.73 Å². The molecule has 0 atom stereocenters. The fourth-order valence-electron chi connectivity index (χ4n) is 1.75. The molecule has 0 aromatic carbocycles. The summed E-state index contributed by atoms with van der Waals surface area (Å²) in [6, 6.07) is 1.86. The zero-order valence-electron chi connectivity index (χ0n) is 9.97. The lowest BCUT2D eigenvalue weighted by atomic mass is 10.2. The molecule has 0 fully saturated rings. The molecule has 0 saturated carbocycles. The van der Waals surface area contributed by atoms with Gasteiger partial charge in [0.2, 0.25) is 0 Å².